The van der Waals surface area contributed by atoms with E-state index in [2.05, 4.69) is 22.5 Å². The predicted molar refractivity (Wildman–Crippen MR) is 116 cm³/mol. The molecule has 0 bridgehead atoms. The molecule has 0 aromatic heterocycles. The molecule has 2 rings (SSSR count). The van der Waals surface area contributed by atoms with E-state index in [9.17, 15) is 9.90 Å². The smallest absolute Gasteiger partial charge is 0.410 e. The van der Waals surface area contributed by atoms with Crippen LogP contribution in [0.2, 0.25) is 0 Å². The topological polar surface area (TPSA) is 49.8 Å². The average Bonchev–Trinajstić information content (AvgIpc) is 2.68. The highest BCUT2D eigenvalue weighted by Gasteiger charge is 2.25. The first kappa shape index (κ1) is 22.2. The second-order valence-corrected chi connectivity index (χ2v) is 7.86. The van der Waals surface area contributed by atoms with Gasteiger partial charge in [-0.15, -0.1) is 0 Å². The van der Waals surface area contributed by atoms with E-state index in [1.807, 2.05) is 57.2 Å². The monoisotopic (exact) mass is 445 g/mol. The highest BCUT2D eigenvalue weighted by Crippen LogP contribution is 2.24. The Morgan fingerprint density at radius 2 is 1.79 bits per heavy atom. The second kappa shape index (κ2) is 10.4. The van der Waals surface area contributed by atoms with Crippen molar-refractivity contribution in [3.63, 3.8) is 0 Å². The highest BCUT2D eigenvalue weighted by atomic mass is 79.9. The van der Waals surface area contributed by atoms with Crippen LogP contribution in [-0.2, 0) is 17.7 Å². The second-order valence-electron chi connectivity index (χ2n) is 7.06. The molecule has 5 heteroatoms. The molecule has 4 nitrogen and oxygen atoms in total. The lowest BCUT2D eigenvalue weighted by atomic mass is 10.0. The van der Waals surface area contributed by atoms with Gasteiger partial charge >= 0.3 is 6.09 Å². The van der Waals surface area contributed by atoms with Gasteiger partial charge in [0.15, 0.2) is 0 Å². The molecule has 0 saturated carbocycles. The molecule has 1 unspecified atom stereocenters. The summed E-state index contributed by atoms with van der Waals surface area (Å²) in [6, 6.07) is 11.8. The zero-order chi connectivity index (χ0) is 20.7. The van der Waals surface area contributed by atoms with Crippen molar-refractivity contribution in [1.29, 1.82) is 0 Å². The fraction of sp³-hybridized carbons (Fsp3) is 0.348. The van der Waals surface area contributed by atoms with Gasteiger partial charge in [0, 0.05) is 11.0 Å². The first-order chi connectivity index (χ1) is 13.3. The standard InChI is InChI=1S/C23H28BrNO3/c1-5-10-28-23(27)25(14-20-11-17(3)22(24)18(4)12-20)21(15-26)13-19-8-6-16(2)7-9-19/h5-9,11-12,21,26H,1,10,13-15H2,2-4H3. The fourth-order valence-electron chi connectivity index (χ4n) is 3.15. The molecule has 1 atom stereocenters. The number of hydrogen-bond donors (Lipinski definition) is 1. The normalized spacial score (nSPS) is 11.8. The first-order valence-electron chi connectivity index (χ1n) is 9.32. The van der Waals surface area contributed by atoms with E-state index >= 15 is 0 Å². The lowest BCUT2D eigenvalue weighted by Crippen LogP contribution is -2.43. The number of aliphatic hydroxyl groups is 1. The Morgan fingerprint density at radius 1 is 1.18 bits per heavy atom. The van der Waals surface area contributed by atoms with E-state index < -0.39 is 6.09 Å². The van der Waals surface area contributed by atoms with Gasteiger partial charge in [-0.3, -0.25) is 4.90 Å². The molecule has 150 valence electrons. The van der Waals surface area contributed by atoms with Gasteiger partial charge < -0.3 is 9.84 Å². The molecule has 0 radical (unpaired) electrons. The molecule has 0 aliphatic rings. The summed E-state index contributed by atoms with van der Waals surface area (Å²) in [4.78, 5) is 14.3. The van der Waals surface area contributed by atoms with Crippen LogP contribution in [0.15, 0.2) is 53.5 Å². The van der Waals surface area contributed by atoms with E-state index in [4.69, 9.17) is 4.74 Å². The van der Waals surface area contributed by atoms with Crippen molar-refractivity contribution in [3.05, 3.63) is 81.3 Å². The maximum atomic E-state index is 12.7. The number of halogens is 1. The third kappa shape index (κ3) is 5.94. The summed E-state index contributed by atoms with van der Waals surface area (Å²) in [5.74, 6) is 0. The van der Waals surface area contributed by atoms with Crippen LogP contribution in [0.25, 0.3) is 0 Å². The minimum atomic E-state index is -0.454. The summed E-state index contributed by atoms with van der Waals surface area (Å²) in [5, 5.41) is 10.0. The van der Waals surface area contributed by atoms with Gasteiger partial charge in [0.05, 0.1) is 12.6 Å². The molecule has 0 spiro atoms. The Balaban J connectivity index is 2.29. The summed E-state index contributed by atoms with van der Waals surface area (Å²) >= 11 is 3.58. The van der Waals surface area contributed by atoms with Crippen molar-refractivity contribution >= 4 is 22.0 Å². The number of aryl methyl sites for hydroxylation is 3. The van der Waals surface area contributed by atoms with E-state index in [-0.39, 0.29) is 19.3 Å². The van der Waals surface area contributed by atoms with E-state index in [0.29, 0.717) is 13.0 Å². The van der Waals surface area contributed by atoms with E-state index in [1.54, 1.807) is 4.90 Å². The number of hydrogen-bond acceptors (Lipinski definition) is 3. The van der Waals surface area contributed by atoms with Crippen LogP contribution in [0.5, 0.6) is 0 Å². The third-order valence-electron chi connectivity index (χ3n) is 4.65. The number of rotatable bonds is 8. The highest BCUT2D eigenvalue weighted by molar-refractivity contribution is 9.10. The predicted octanol–water partition coefficient (Wildman–Crippen LogP) is 5.10. The summed E-state index contributed by atoms with van der Waals surface area (Å²) in [6.45, 7) is 10.0. The Labute approximate surface area is 176 Å². The van der Waals surface area contributed by atoms with Crippen molar-refractivity contribution in [3.8, 4) is 0 Å². The summed E-state index contributed by atoms with van der Waals surface area (Å²) in [5.41, 5.74) is 5.44. The Hall–Kier alpha value is -2.11. The van der Waals surface area contributed by atoms with Gasteiger partial charge in [-0.2, -0.15) is 0 Å². The van der Waals surface area contributed by atoms with Crippen LogP contribution >= 0.6 is 15.9 Å². The van der Waals surface area contributed by atoms with Crippen molar-refractivity contribution in [2.75, 3.05) is 13.2 Å². The number of carbonyl (C=O) groups excluding carboxylic acids is 1. The van der Waals surface area contributed by atoms with Crippen molar-refractivity contribution in [2.24, 2.45) is 0 Å². The van der Waals surface area contributed by atoms with Gasteiger partial charge in [-0.25, -0.2) is 4.79 Å². The van der Waals surface area contributed by atoms with Gasteiger partial charge in [0.25, 0.3) is 0 Å². The molecule has 0 aliphatic carbocycles. The van der Waals surface area contributed by atoms with E-state index in [1.165, 1.54) is 11.6 Å². The van der Waals surface area contributed by atoms with Crippen LogP contribution in [0.3, 0.4) is 0 Å². The Morgan fingerprint density at radius 3 is 2.32 bits per heavy atom. The molecule has 0 fully saturated rings. The molecule has 1 amide bonds. The minimum Gasteiger partial charge on any atom is -0.445 e. The fourth-order valence-corrected chi connectivity index (χ4v) is 3.38. The Bertz CT molecular complexity index is 794. The summed E-state index contributed by atoms with van der Waals surface area (Å²) in [6.07, 6.45) is 1.64. The molecular formula is C23H28BrNO3. The summed E-state index contributed by atoms with van der Waals surface area (Å²) < 4.78 is 6.36. The molecule has 0 saturated heterocycles. The first-order valence-corrected chi connectivity index (χ1v) is 10.1. The lowest BCUT2D eigenvalue weighted by Gasteiger charge is -2.30. The zero-order valence-corrected chi connectivity index (χ0v) is 18.3. The van der Waals surface area contributed by atoms with Gasteiger partial charge in [-0.05, 0) is 49.4 Å². The van der Waals surface area contributed by atoms with Crippen molar-refractivity contribution < 1.29 is 14.6 Å². The number of nitrogens with zero attached hydrogens (tertiary/aromatic N) is 1. The average molecular weight is 446 g/mol. The van der Waals surface area contributed by atoms with E-state index in [0.717, 1.165) is 26.7 Å². The number of carbonyl (C=O) groups is 1. The van der Waals surface area contributed by atoms with Gasteiger partial charge in [-0.1, -0.05) is 70.5 Å². The Kier molecular flexibility index (Phi) is 8.27. The quantitative estimate of drug-likeness (QED) is 0.574. The number of amides is 1. The number of ether oxygens (including phenoxy) is 1. The number of benzene rings is 2. The van der Waals surface area contributed by atoms with Crippen LogP contribution in [0.4, 0.5) is 4.79 Å². The largest absolute Gasteiger partial charge is 0.445 e. The maximum absolute atomic E-state index is 12.7. The SMILES string of the molecule is C=CCOC(=O)N(Cc1cc(C)c(Br)c(C)c1)C(CO)Cc1ccc(C)cc1. The third-order valence-corrected chi connectivity index (χ3v) is 5.90. The molecule has 0 heterocycles. The van der Waals surface area contributed by atoms with Crippen LogP contribution < -0.4 is 0 Å². The molecule has 2 aromatic carbocycles. The van der Waals surface area contributed by atoms with Crippen LogP contribution in [0.1, 0.15) is 27.8 Å². The molecule has 28 heavy (non-hydrogen) atoms. The molecule has 0 aliphatic heterocycles. The lowest BCUT2D eigenvalue weighted by molar-refractivity contribution is 0.0717. The molecule has 1 N–H and O–H groups in total. The van der Waals surface area contributed by atoms with Crippen LogP contribution in [-0.4, -0.2) is 35.4 Å². The summed E-state index contributed by atoms with van der Waals surface area (Å²) in [7, 11) is 0. The number of aliphatic hydroxyl groups excluding tert-OH is 1. The minimum absolute atomic E-state index is 0.135. The van der Waals surface area contributed by atoms with Crippen LogP contribution in [0, 0.1) is 20.8 Å². The van der Waals surface area contributed by atoms with Gasteiger partial charge in [0.1, 0.15) is 6.61 Å². The van der Waals surface area contributed by atoms with Crippen molar-refractivity contribution in [1.82, 2.24) is 4.90 Å². The maximum Gasteiger partial charge on any atom is 0.410 e. The van der Waals surface area contributed by atoms with Crippen molar-refractivity contribution in [2.45, 2.75) is 39.8 Å². The molecular weight excluding hydrogens is 418 g/mol. The van der Waals surface area contributed by atoms with Gasteiger partial charge in [0.2, 0.25) is 0 Å². The zero-order valence-electron chi connectivity index (χ0n) is 16.7. The molecule has 2 aromatic rings.